The zero-order valence-corrected chi connectivity index (χ0v) is 14.8. The molecule has 1 amide bonds. The van der Waals surface area contributed by atoms with Crippen molar-refractivity contribution in [3.63, 3.8) is 0 Å². The summed E-state index contributed by atoms with van der Waals surface area (Å²) in [6, 6.07) is 6.00. The van der Waals surface area contributed by atoms with Crippen LogP contribution >= 0.6 is 0 Å². The van der Waals surface area contributed by atoms with Crippen molar-refractivity contribution in [2.24, 2.45) is 5.92 Å². The molecule has 1 heterocycles. The molecular weight excluding hydrogens is 344 g/mol. The van der Waals surface area contributed by atoms with Gasteiger partial charge in [0, 0.05) is 18.0 Å². The minimum Gasteiger partial charge on any atom is -0.456 e. The van der Waals surface area contributed by atoms with E-state index in [-0.39, 0.29) is 11.7 Å². The Morgan fingerprint density at radius 3 is 2.46 bits per heavy atom. The van der Waals surface area contributed by atoms with Gasteiger partial charge in [-0.05, 0) is 25.0 Å². The topological polar surface area (TPSA) is 73.2 Å². The number of rotatable bonds is 7. The number of nitrogens with one attached hydrogen (secondary N) is 1. The maximum Gasteiger partial charge on any atom is 0.329 e. The summed E-state index contributed by atoms with van der Waals surface area (Å²) in [6.07, 6.45) is 2.31. The fourth-order valence-corrected chi connectivity index (χ4v) is 2.29. The highest BCUT2D eigenvalue weighted by atomic mass is 19.3. The smallest absolute Gasteiger partial charge is 0.329 e. The molecule has 0 saturated heterocycles. The first kappa shape index (κ1) is 19.6. The van der Waals surface area contributed by atoms with Crippen molar-refractivity contribution in [3.8, 4) is 0 Å². The third-order valence-electron chi connectivity index (χ3n) is 3.82. The van der Waals surface area contributed by atoms with E-state index in [4.69, 9.17) is 4.74 Å². The molecule has 0 aliphatic rings. The zero-order valence-electron chi connectivity index (χ0n) is 14.8. The molecule has 1 atom stereocenters. The minimum atomic E-state index is -2.77. The number of carbonyl (C=O) groups excluding carboxylic acids is 2. The van der Waals surface area contributed by atoms with Crippen LogP contribution in [0.3, 0.4) is 0 Å². The molecule has 6 nitrogen and oxygen atoms in total. The van der Waals surface area contributed by atoms with Crippen molar-refractivity contribution in [2.75, 3.05) is 0 Å². The quantitative estimate of drug-likeness (QED) is 0.766. The van der Waals surface area contributed by atoms with Crippen molar-refractivity contribution >= 4 is 11.9 Å². The third kappa shape index (κ3) is 4.87. The minimum absolute atomic E-state index is 0.0688. The van der Waals surface area contributed by atoms with E-state index in [1.54, 1.807) is 38.1 Å². The van der Waals surface area contributed by atoms with Crippen LogP contribution in [0.25, 0.3) is 0 Å². The van der Waals surface area contributed by atoms with E-state index in [2.05, 4.69) is 10.3 Å². The molecule has 2 rings (SSSR count). The SMILES string of the molecule is Cc1ccc(C(=O)N[C@H](C(=O)OCc2nccn2C(F)F)C(C)C)cc1. The van der Waals surface area contributed by atoms with Crippen molar-refractivity contribution < 1.29 is 23.1 Å². The van der Waals surface area contributed by atoms with Crippen LogP contribution in [0.5, 0.6) is 0 Å². The first-order valence-electron chi connectivity index (χ1n) is 8.13. The molecule has 0 aliphatic heterocycles. The Kier molecular flexibility index (Phi) is 6.43. The van der Waals surface area contributed by atoms with E-state index in [0.29, 0.717) is 10.1 Å². The van der Waals surface area contributed by atoms with Gasteiger partial charge in [0.25, 0.3) is 5.91 Å². The van der Waals surface area contributed by atoms with Gasteiger partial charge in [-0.3, -0.25) is 9.36 Å². The van der Waals surface area contributed by atoms with Gasteiger partial charge in [-0.25, -0.2) is 9.78 Å². The van der Waals surface area contributed by atoms with E-state index in [9.17, 15) is 18.4 Å². The lowest BCUT2D eigenvalue weighted by Crippen LogP contribution is -2.45. The first-order valence-corrected chi connectivity index (χ1v) is 8.13. The number of carbonyl (C=O) groups is 2. The molecule has 140 valence electrons. The molecule has 1 aromatic heterocycles. The Labute approximate surface area is 150 Å². The largest absolute Gasteiger partial charge is 0.456 e. The molecule has 2 aromatic rings. The van der Waals surface area contributed by atoms with Gasteiger partial charge in [0.1, 0.15) is 12.6 Å². The standard InChI is InChI=1S/C18H21F2N3O3/c1-11(2)15(22-16(24)13-6-4-12(3)5-7-13)17(25)26-10-14-21-8-9-23(14)18(19)20/h4-9,11,15,18H,10H2,1-3H3,(H,22,24)/t15-/m0/s1. The van der Waals surface area contributed by atoms with Crippen molar-refractivity contribution in [3.05, 3.63) is 53.6 Å². The van der Waals surface area contributed by atoms with Crippen LogP contribution in [0.15, 0.2) is 36.7 Å². The summed E-state index contributed by atoms with van der Waals surface area (Å²) in [5.74, 6) is -1.42. The van der Waals surface area contributed by atoms with Gasteiger partial charge in [0.15, 0.2) is 5.82 Å². The second-order valence-electron chi connectivity index (χ2n) is 6.20. The predicted molar refractivity (Wildman–Crippen MR) is 90.5 cm³/mol. The number of hydrogen-bond donors (Lipinski definition) is 1. The molecular formula is C18H21F2N3O3. The number of aromatic nitrogens is 2. The lowest BCUT2D eigenvalue weighted by molar-refractivity contribution is -0.149. The van der Waals surface area contributed by atoms with Crippen molar-refractivity contribution in [1.29, 1.82) is 0 Å². The molecule has 0 radical (unpaired) electrons. The second-order valence-corrected chi connectivity index (χ2v) is 6.20. The van der Waals surface area contributed by atoms with Gasteiger partial charge in [-0.15, -0.1) is 0 Å². The molecule has 0 unspecified atom stereocenters. The van der Waals surface area contributed by atoms with Gasteiger partial charge in [0.2, 0.25) is 0 Å². The third-order valence-corrected chi connectivity index (χ3v) is 3.82. The molecule has 0 bridgehead atoms. The molecule has 0 fully saturated rings. The van der Waals surface area contributed by atoms with Gasteiger partial charge in [-0.1, -0.05) is 31.5 Å². The van der Waals surface area contributed by atoms with Crippen LogP contribution in [-0.2, 0) is 16.1 Å². The molecule has 0 spiro atoms. The summed E-state index contributed by atoms with van der Waals surface area (Å²) in [7, 11) is 0. The van der Waals surface area contributed by atoms with E-state index in [1.165, 1.54) is 6.20 Å². The average molecular weight is 365 g/mol. The Bertz CT molecular complexity index is 757. The Morgan fingerprint density at radius 1 is 1.23 bits per heavy atom. The zero-order chi connectivity index (χ0) is 19.3. The maximum absolute atomic E-state index is 12.8. The summed E-state index contributed by atoms with van der Waals surface area (Å²) in [5, 5.41) is 2.63. The van der Waals surface area contributed by atoms with Crippen LogP contribution in [0.4, 0.5) is 8.78 Å². The second kappa shape index (κ2) is 8.55. The van der Waals surface area contributed by atoms with E-state index >= 15 is 0 Å². The number of imidazole rings is 1. The van der Waals surface area contributed by atoms with Gasteiger partial charge >= 0.3 is 12.5 Å². The summed E-state index contributed by atoms with van der Waals surface area (Å²) < 4.78 is 31.3. The maximum atomic E-state index is 12.8. The molecule has 8 heteroatoms. The first-order chi connectivity index (χ1) is 12.3. The summed E-state index contributed by atoms with van der Waals surface area (Å²) in [6.45, 7) is 2.23. The van der Waals surface area contributed by atoms with Crippen LogP contribution < -0.4 is 5.32 Å². The fourth-order valence-electron chi connectivity index (χ4n) is 2.29. The molecule has 0 aliphatic carbocycles. The van der Waals surface area contributed by atoms with Crippen molar-refractivity contribution in [2.45, 2.75) is 40.0 Å². The predicted octanol–water partition coefficient (Wildman–Crippen LogP) is 3.08. The van der Waals surface area contributed by atoms with E-state index in [1.807, 2.05) is 6.92 Å². The number of amides is 1. The molecule has 0 saturated carbocycles. The summed E-state index contributed by atoms with van der Waals surface area (Å²) >= 11 is 0. The van der Waals surface area contributed by atoms with Crippen LogP contribution in [0, 0.1) is 12.8 Å². The van der Waals surface area contributed by atoms with Gasteiger partial charge in [0.05, 0.1) is 0 Å². The highest BCUT2D eigenvalue weighted by Crippen LogP contribution is 2.14. The lowest BCUT2D eigenvalue weighted by atomic mass is 10.0. The average Bonchev–Trinajstić information content (AvgIpc) is 3.06. The highest BCUT2D eigenvalue weighted by Gasteiger charge is 2.27. The van der Waals surface area contributed by atoms with E-state index in [0.717, 1.165) is 11.8 Å². The van der Waals surface area contributed by atoms with E-state index < -0.39 is 31.1 Å². The molecule has 26 heavy (non-hydrogen) atoms. The number of nitrogens with zero attached hydrogens (tertiary/aromatic N) is 2. The van der Waals surface area contributed by atoms with Crippen LogP contribution in [-0.4, -0.2) is 27.5 Å². The Balaban J connectivity index is 2.01. The number of benzene rings is 1. The summed E-state index contributed by atoms with van der Waals surface area (Å²) in [4.78, 5) is 28.4. The van der Waals surface area contributed by atoms with Crippen LogP contribution in [0.2, 0.25) is 0 Å². The fraction of sp³-hybridized carbons (Fsp3) is 0.389. The van der Waals surface area contributed by atoms with Crippen LogP contribution in [0.1, 0.15) is 42.1 Å². The summed E-state index contributed by atoms with van der Waals surface area (Å²) in [5.41, 5.74) is 1.43. The Morgan fingerprint density at radius 2 is 1.88 bits per heavy atom. The number of esters is 1. The monoisotopic (exact) mass is 365 g/mol. The number of alkyl halides is 2. The highest BCUT2D eigenvalue weighted by molar-refractivity contribution is 5.96. The molecule has 1 N–H and O–H groups in total. The number of halogens is 2. The van der Waals surface area contributed by atoms with Crippen molar-refractivity contribution in [1.82, 2.24) is 14.9 Å². The number of aryl methyl sites for hydroxylation is 1. The number of ether oxygens (including phenoxy) is 1. The lowest BCUT2D eigenvalue weighted by Gasteiger charge is -2.21. The number of hydrogen-bond acceptors (Lipinski definition) is 4. The Hall–Kier alpha value is -2.77. The van der Waals surface area contributed by atoms with Gasteiger partial charge < -0.3 is 10.1 Å². The van der Waals surface area contributed by atoms with Gasteiger partial charge in [-0.2, -0.15) is 8.78 Å². The molecule has 1 aromatic carbocycles. The normalized spacial score (nSPS) is 12.3.